The van der Waals surface area contributed by atoms with Crippen LogP contribution < -0.4 is 5.73 Å². The first-order valence-electron chi connectivity index (χ1n) is 5.86. The lowest BCUT2D eigenvalue weighted by atomic mass is 10.0. The molecule has 1 aromatic heterocycles. The highest BCUT2D eigenvalue weighted by Gasteiger charge is 2.08. The third-order valence-electron chi connectivity index (χ3n) is 2.72. The molecule has 3 nitrogen and oxygen atoms in total. The summed E-state index contributed by atoms with van der Waals surface area (Å²) in [4.78, 5) is 16.1. The fourth-order valence-electron chi connectivity index (χ4n) is 2.02. The Balaban J connectivity index is 2.18. The minimum absolute atomic E-state index is 0.0139. The highest BCUT2D eigenvalue weighted by Crippen LogP contribution is 2.12. The number of rotatable bonds is 3. The summed E-state index contributed by atoms with van der Waals surface area (Å²) in [5, 5.41) is 0. The van der Waals surface area contributed by atoms with Crippen LogP contribution in [0.15, 0.2) is 36.5 Å². The second kappa shape index (κ2) is 5.00. The van der Waals surface area contributed by atoms with Crippen LogP contribution in [0.25, 0.3) is 0 Å². The topological polar surface area (TPSA) is 56.0 Å². The van der Waals surface area contributed by atoms with Gasteiger partial charge in [0, 0.05) is 6.42 Å². The van der Waals surface area contributed by atoms with Gasteiger partial charge in [0.2, 0.25) is 0 Å². The van der Waals surface area contributed by atoms with E-state index in [0.717, 1.165) is 5.56 Å². The van der Waals surface area contributed by atoms with Gasteiger partial charge < -0.3 is 5.73 Å². The maximum atomic E-state index is 12.0. The third kappa shape index (κ3) is 2.94. The second-order valence-corrected chi connectivity index (χ2v) is 4.57. The number of carbonyl (C=O) groups excluding carboxylic acids is 1. The Morgan fingerprint density at radius 2 is 1.83 bits per heavy atom. The van der Waals surface area contributed by atoms with E-state index in [-0.39, 0.29) is 5.78 Å². The first-order chi connectivity index (χ1) is 8.54. The van der Waals surface area contributed by atoms with Crippen molar-refractivity contribution < 1.29 is 4.79 Å². The summed E-state index contributed by atoms with van der Waals surface area (Å²) in [6, 6.07) is 9.52. The maximum absolute atomic E-state index is 12.0. The van der Waals surface area contributed by atoms with Crippen LogP contribution in [0.2, 0.25) is 0 Å². The van der Waals surface area contributed by atoms with Gasteiger partial charge in [-0.05, 0) is 31.5 Å². The van der Waals surface area contributed by atoms with Crippen molar-refractivity contribution >= 4 is 11.5 Å². The standard InChI is InChI=1S/C15H16N2O/c1-10-5-11(2)7-12(6-10)8-15(18)14-4-3-13(16)9-17-14/h3-7,9H,8,16H2,1-2H3. The summed E-state index contributed by atoms with van der Waals surface area (Å²) in [6.07, 6.45) is 1.88. The van der Waals surface area contributed by atoms with E-state index in [2.05, 4.69) is 11.1 Å². The molecule has 0 fully saturated rings. The zero-order valence-electron chi connectivity index (χ0n) is 10.6. The molecule has 0 amide bonds. The molecule has 2 N–H and O–H groups in total. The molecule has 1 aromatic carbocycles. The highest BCUT2D eigenvalue weighted by molar-refractivity contribution is 5.95. The lowest BCUT2D eigenvalue weighted by Gasteiger charge is -2.04. The molecule has 0 bridgehead atoms. The molecule has 0 aliphatic rings. The number of nitrogens with zero attached hydrogens (tertiary/aromatic N) is 1. The summed E-state index contributed by atoms with van der Waals surface area (Å²) in [6.45, 7) is 4.06. The van der Waals surface area contributed by atoms with Gasteiger partial charge in [0.15, 0.2) is 5.78 Å². The molecule has 0 unspecified atom stereocenters. The molecular weight excluding hydrogens is 224 g/mol. The number of nitrogen functional groups attached to an aromatic ring is 1. The van der Waals surface area contributed by atoms with Crippen LogP contribution in [0.1, 0.15) is 27.2 Å². The normalized spacial score (nSPS) is 10.3. The fourth-order valence-corrected chi connectivity index (χ4v) is 2.02. The number of aryl methyl sites for hydroxylation is 2. The Bertz CT molecular complexity index is 553. The number of benzene rings is 1. The molecule has 92 valence electrons. The number of anilines is 1. The average molecular weight is 240 g/mol. The predicted molar refractivity (Wildman–Crippen MR) is 72.6 cm³/mol. The molecule has 0 aliphatic heterocycles. The van der Waals surface area contributed by atoms with Gasteiger partial charge in [0.1, 0.15) is 5.69 Å². The van der Waals surface area contributed by atoms with Crippen molar-refractivity contribution in [2.75, 3.05) is 5.73 Å². The van der Waals surface area contributed by atoms with Crippen LogP contribution in [0.3, 0.4) is 0 Å². The SMILES string of the molecule is Cc1cc(C)cc(CC(=O)c2ccc(N)cn2)c1. The number of aromatic nitrogens is 1. The van der Waals surface area contributed by atoms with Gasteiger partial charge in [-0.1, -0.05) is 29.3 Å². The molecular formula is C15H16N2O. The van der Waals surface area contributed by atoms with E-state index in [1.165, 1.54) is 17.3 Å². The number of ketones is 1. The molecule has 18 heavy (non-hydrogen) atoms. The van der Waals surface area contributed by atoms with Gasteiger partial charge in [-0.25, -0.2) is 0 Å². The van der Waals surface area contributed by atoms with Gasteiger partial charge in [-0.3, -0.25) is 9.78 Å². The smallest absolute Gasteiger partial charge is 0.185 e. The summed E-state index contributed by atoms with van der Waals surface area (Å²) in [5.74, 6) is 0.0139. The van der Waals surface area contributed by atoms with Crippen LogP contribution in [0.5, 0.6) is 0 Å². The Labute approximate surface area is 107 Å². The van der Waals surface area contributed by atoms with Crippen molar-refractivity contribution in [3.8, 4) is 0 Å². The number of hydrogen-bond acceptors (Lipinski definition) is 3. The van der Waals surface area contributed by atoms with E-state index in [1.54, 1.807) is 12.1 Å². The third-order valence-corrected chi connectivity index (χ3v) is 2.72. The fraction of sp³-hybridized carbons (Fsp3) is 0.200. The predicted octanol–water partition coefficient (Wildman–Crippen LogP) is 2.71. The number of pyridine rings is 1. The number of Topliss-reactive ketones (excluding diaryl/α,β-unsaturated/α-hetero) is 1. The summed E-state index contributed by atoms with van der Waals surface area (Å²) >= 11 is 0. The number of nitrogens with two attached hydrogens (primary N) is 1. The lowest BCUT2D eigenvalue weighted by molar-refractivity contribution is 0.0988. The van der Waals surface area contributed by atoms with E-state index in [1.807, 2.05) is 26.0 Å². The Morgan fingerprint density at radius 1 is 1.17 bits per heavy atom. The van der Waals surface area contributed by atoms with Crippen LogP contribution in [-0.4, -0.2) is 10.8 Å². The van der Waals surface area contributed by atoms with E-state index in [9.17, 15) is 4.79 Å². The van der Waals surface area contributed by atoms with E-state index in [0.29, 0.717) is 17.8 Å². The molecule has 2 aromatic rings. The van der Waals surface area contributed by atoms with Gasteiger partial charge in [0.05, 0.1) is 11.9 Å². The molecule has 0 saturated heterocycles. The molecule has 0 spiro atoms. The van der Waals surface area contributed by atoms with Crippen molar-refractivity contribution in [2.24, 2.45) is 0 Å². The summed E-state index contributed by atoms with van der Waals surface area (Å²) in [5.41, 5.74) is 9.94. The average Bonchev–Trinajstić information content (AvgIpc) is 2.28. The molecule has 2 rings (SSSR count). The Hall–Kier alpha value is -2.16. The second-order valence-electron chi connectivity index (χ2n) is 4.57. The highest BCUT2D eigenvalue weighted by atomic mass is 16.1. The molecule has 3 heteroatoms. The van der Waals surface area contributed by atoms with Gasteiger partial charge in [-0.15, -0.1) is 0 Å². The van der Waals surface area contributed by atoms with Crippen molar-refractivity contribution in [1.29, 1.82) is 0 Å². The quantitative estimate of drug-likeness (QED) is 0.839. The number of hydrogen-bond donors (Lipinski definition) is 1. The number of carbonyl (C=O) groups is 1. The Morgan fingerprint density at radius 3 is 2.39 bits per heavy atom. The van der Waals surface area contributed by atoms with Crippen LogP contribution in [0.4, 0.5) is 5.69 Å². The maximum Gasteiger partial charge on any atom is 0.185 e. The first-order valence-corrected chi connectivity index (χ1v) is 5.86. The molecule has 0 atom stereocenters. The van der Waals surface area contributed by atoms with E-state index in [4.69, 9.17) is 5.73 Å². The van der Waals surface area contributed by atoms with Crippen molar-refractivity contribution in [1.82, 2.24) is 4.98 Å². The van der Waals surface area contributed by atoms with Gasteiger partial charge in [0.25, 0.3) is 0 Å². The van der Waals surface area contributed by atoms with Gasteiger partial charge >= 0.3 is 0 Å². The van der Waals surface area contributed by atoms with E-state index < -0.39 is 0 Å². The lowest BCUT2D eigenvalue weighted by Crippen LogP contribution is -2.06. The van der Waals surface area contributed by atoms with Crippen LogP contribution in [0, 0.1) is 13.8 Å². The monoisotopic (exact) mass is 240 g/mol. The molecule has 1 heterocycles. The largest absolute Gasteiger partial charge is 0.397 e. The van der Waals surface area contributed by atoms with Crippen molar-refractivity contribution in [3.05, 3.63) is 58.9 Å². The summed E-state index contributed by atoms with van der Waals surface area (Å²) < 4.78 is 0. The van der Waals surface area contributed by atoms with Gasteiger partial charge in [-0.2, -0.15) is 0 Å². The van der Waals surface area contributed by atoms with Crippen LogP contribution >= 0.6 is 0 Å². The minimum Gasteiger partial charge on any atom is -0.397 e. The van der Waals surface area contributed by atoms with E-state index >= 15 is 0 Å². The first kappa shape index (κ1) is 12.3. The minimum atomic E-state index is 0.0139. The van der Waals surface area contributed by atoms with Crippen LogP contribution in [-0.2, 0) is 6.42 Å². The zero-order valence-corrected chi connectivity index (χ0v) is 10.6. The summed E-state index contributed by atoms with van der Waals surface area (Å²) in [7, 11) is 0. The van der Waals surface area contributed by atoms with Crippen molar-refractivity contribution in [3.63, 3.8) is 0 Å². The molecule has 0 radical (unpaired) electrons. The molecule has 0 aliphatic carbocycles. The zero-order chi connectivity index (χ0) is 13.1. The van der Waals surface area contributed by atoms with Crippen molar-refractivity contribution in [2.45, 2.75) is 20.3 Å². The molecule has 0 saturated carbocycles. The Kier molecular flexibility index (Phi) is 3.42.